The molecule has 1 aromatic heterocycles. The summed E-state index contributed by atoms with van der Waals surface area (Å²) in [4.78, 5) is 8.04. The van der Waals surface area contributed by atoms with E-state index in [4.69, 9.17) is 17.2 Å². The first-order valence-corrected chi connectivity index (χ1v) is 4.84. The van der Waals surface area contributed by atoms with Gasteiger partial charge in [-0.15, -0.1) is 11.3 Å². The maximum atomic E-state index is 5.37. The Morgan fingerprint density at radius 1 is 1.54 bits per heavy atom. The molecule has 0 amide bonds. The van der Waals surface area contributed by atoms with Crippen LogP contribution in [0.25, 0.3) is 0 Å². The highest BCUT2D eigenvalue weighted by Crippen LogP contribution is 2.18. The second-order valence-electron chi connectivity index (χ2n) is 2.55. The molecule has 1 rings (SSSR count). The van der Waals surface area contributed by atoms with Gasteiger partial charge in [0.15, 0.2) is 5.96 Å². The number of hydrogen-bond acceptors (Lipinski definition) is 4. The number of guanidine groups is 1. The van der Waals surface area contributed by atoms with E-state index in [1.54, 1.807) is 0 Å². The lowest BCUT2D eigenvalue weighted by atomic mass is 10.2. The van der Waals surface area contributed by atoms with Crippen LogP contribution in [0.5, 0.6) is 0 Å². The van der Waals surface area contributed by atoms with E-state index in [0.717, 1.165) is 18.5 Å². The highest BCUT2D eigenvalue weighted by Gasteiger charge is 1.99. The van der Waals surface area contributed by atoms with E-state index in [-0.39, 0.29) is 5.96 Å². The fourth-order valence-electron chi connectivity index (χ4n) is 0.856. The smallest absolute Gasteiger partial charge is 0.212 e. The number of aryl methyl sites for hydroxylation is 1. The predicted octanol–water partition coefficient (Wildman–Crippen LogP) is -0.0607. The van der Waals surface area contributed by atoms with Crippen LogP contribution >= 0.6 is 11.3 Å². The second-order valence-corrected chi connectivity index (χ2v) is 3.39. The van der Waals surface area contributed by atoms with E-state index in [1.165, 1.54) is 11.3 Å². The number of thiazole rings is 1. The molecular formula is C7H13N5S. The van der Waals surface area contributed by atoms with E-state index in [2.05, 4.69) is 9.98 Å². The molecule has 0 saturated carbocycles. The third kappa shape index (κ3) is 3.39. The van der Waals surface area contributed by atoms with E-state index in [1.807, 2.05) is 5.38 Å². The first-order valence-electron chi connectivity index (χ1n) is 3.96. The average Bonchev–Trinajstić information content (AvgIpc) is 2.48. The van der Waals surface area contributed by atoms with Crippen molar-refractivity contribution in [2.24, 2.45) is 22.2 Å². The van der Waals surface area contributed by atoms with E-state index in [0.29, 0.717) is 11.7 Å². The van der Waals surface area contributed by atoms with E-state index >= 15 is 0 Å². The van der Waals surface area contributed by atoms with E-state index < -0.39 is 0 Å². The molecule has 0 atom stereocenters. The Hall–Kier alpha value is -1.14. The predicted molar refractivity (Wildman–Crippen MR) is 55.0 cm³/mol. The molecule has 0 bridgehead atoms. The standard InChI is InChI=1S/C7H13N5S/c8-3-1-2-5-4-13-7(11-5)12-6(9)10/h4H,1-3,8H2,(H4,9,10,11,12). The number of nitrogens with two attached hydrogens (primary N) is 3. The summed E-state index contributed by atoms with van der Waals surface area (Å²) in [6.07, 6.45) is 1.82. The van der Waals surface area contributed by atoms with Crippen molar-refractivity contribution in [3.8, 4) is 0 Å². The highest BCUT2D eigenvalue weighted by molar-refractivity contribution is 7.13. The van der Waals surface area contributed by atoms with Gasteiger partial charge in [-0.2, -0.15) is 4.99 Å². The highest BCUT2D eigenvalue weighted by atomic mass is 32.1. The minimum Gasteiger partial charge on any atom is -0.370 e. The minimum absolute atomic E-state index is 0.0414. The fraction of sp³-hybridized carbons (Fsp3) is 0.429. The summed E-state index contributed by atoms with van der Waals surface area (Å²) in [6.45, 7) is 0.676. The van der Waals surface area contributed by atoms with Gasteiger partial charge in [0.2, 0.25) is 5.13 Å². The van der Waals surface area contributed by atoms with Gasteiger partial charge in [0, 0.05) is 5.38 Å². The molecule has 72 valence electrons. The summed E-state index contributed by atoms with van der Waals surface area (Å²) in [5.41, 5.74) is 16.8. The van der Waals surface area contributed by atoms with Crippen molar-refractivity contribution < 1.29 is 0 Å². The van der Waals surface area contributed by atoms with Crippen LogP contribution in [-0.4, -0.2) is 17.5 Å². The molecule has 0 radical (unpaired) electrons. The van der Waals surface area contributed by atoms with Crippen LogP contribution in [0.1, 0.15) is 12.1 Å². The lowest BCUT2D eigenvalue weighted by Gasteiger charge is -1.91. The van der Waals surface area contributed by atoms with Gasteiger partial charge in [0.25, 0.3) is 0 Å². The zero-order valence-corrected chi connectivity index (χ0v) is 8.05. The molecule has 0 spiro atoms. The first kappa shape index (κ1) is 9.94. The Labute approximate surface area is 80.7 Å². The van der Waals surface area contributed by atoms with Crippen LogP contribution in [0.2, 0.25) is 0 Å². The van der Waals surface area contributed by atoms with Crippen molar-refractivity contribution in [1.29, 1.82) is 0 Å². The summed E-state index contributed by atoms with van der Waals surface area (Å²) < 4.78 is 0. The molecule has 0 aliphatic rings. The molecule has 0 saturated heterocycles. The first-order chi connectivity index (χ1) is 6.22. The summed E-state index contributed by atoms with van der Waals surface area (Å²) in [7, 11) is 0. The van der Waals surface area contributed by atoms with Crippen LogP contribution in [0.4, 0.5) is 5.13 Å². The number of aromatic nitrogens is 1. The molecule has 6 heteroatoms. The second kappa shape index (κ2) is 4.78. The summed E-state index contributed by atoms with van der Waals surface area (Å²) >= 11 is 1.43. The summed E-state index contributed by atoms with van der Waals surface area (Å²) in [6, 6.07) is 0. The number of aliphatic imine (C=N–C) groups is 1. The lowest BCUT2D eigenvalue weighted by molar-refractivity contribution is 0.816. The fourth-order valence-corrected chi connectivity index (χ4v) is 1.60. The Morgan fingerprint density at radius 3 is 2.92 bits per heavy atom. The van der Waals surface area contributed by atoms with Crippen molar-refractivity contribution in [1.82, 2.24) is 4.98 Å². The Balaban J connectivity index is 2.58. The normalized spacial score (nSPS) is 9.92. The number of rotatable bonds is 4. The van der Waals surface area contributed by atoms with Crippen molar-refractivity contribution in [2.75, 3.05) is 6.54 Å². The van der Waals surface area contributed by atoms with Gasteiger partial charge >= 0.3 is 0 Å². The van der Waals surface area contributed by atoms with Crippen LogP contribution in [0.3, 0.4) is 0 Å². The van der Waals surface area contributed by atoms with Gasteiger partial charge in [-0.3, -0.25) is 0 Å². The van der Waals surface area contributed by atoms with Crippen LogP contribution in [0, 0.1) is 0 Å². The molecule has 0 aliphatic heterocycles. The Kier molecular flexibility index (Phi) is 3.66. The van der Waals surface area contributed by atoms with Gasteiger partial charge in [-0.1, -0.05) is 0 Å². The third-order valence-corrected chi connectivity index (χ3v) is 2.18. The molecule has 1 heterocycles. The summed E-state index contributed by atoms with van der Waals surface area (Å²) in [5, 5.41) is 2.55. The van der Waals surface area contributed by atoms with Gasteiger partial charge in [0.05, 0.1) is 5.69 Å². The number of nitrogens with zero attached hydrogens (tertiary/aromatic N) is 2. The summed E-state index contributed by atoms with van der Waals surface area (Å²) in [5.74, 6) is 0.0414. The molecule has 0 aliphatic carbocycles. The van der Waals surface area contributed by atoms with Crippen molar-refractivity contribution in [2.45, 2.75) is 12.8 Å². The quantitative estimate of drug-likeness (QED) is 0.467. The minimum atomic E-state index is 0.0414. The molecule has 1 aromatic rings. The van der Waals surface area contributed by atoms with Gasteiger partial charge in [-0.25, -0.2) is 4.98 Å². The molecular weight excluding hydrogens is 186 g/mol. The maximum absolute atomic E-state index is 5.37. The molecule has 0 unspecified atom stereocenters. The van der Waals surface area contributed by atoms with Gasteiger partial charge < -0.3 is 17.2 Å². The van der Waals surface area contributed by atoms with Crippen molar-refractivity contribution in [3.63, 3.8) is 0 Å². The monoisotopic (exact) mass is 199 g/mol. The van der Waals surface area contributed by atoms with Crippen molar-refractivity contribution in [3.05, 3.63) is 11.1 Å². The maximum Gasteiger partial charge on any atom is 0.212 e. The Bertz CT molecular complexity index is 289. The zero-order chi connectivity index (χ0) is 9.68. The van der Waals surface area contributed by atoms with Crippen LogP contribution < -0.4 is 17.2 Å². The lowest BCUT2D eigenvalue weighted by Crippen LogP contribution is -2.21. The SMILES string of the molecule is NCCCc1csc(N=C(N)N)n1. The molecule has 13 heavy (non-hydrogen) atoms. The Morgan fingerprint density at radius 2 is 2.31 bits per heavy atom. The van der Waals surface area contributed by atoms with Crippen LogP contribution in [-0.2, 0) is 6.42 Å². The molecule has 0 aromatic carbocycles. The molecule has 6 N–H and O–H groups in total. The van der Waals surface area contributed by atoms with Crippen molar-refractivity contribution >= 4 is 22.4 Å². The average molecular weight is 199 g/mol. The topological polar surface area (TPSA) is 103 Å². The largest absolute Gasteiger partial charge is 0.370 e. The molecule has 5 nitrogen and oxygen atoms in total. The molecule has 0 fully saturated rings. The van der Waals surface area contributed by atoms with E-state index in [9.17, 15) is 0 Å². The van der Waals surface area contributed by atoms with Gasteiger partial charge in [0.1, 0.15) is 0 Å². The zero-order valence-electron chi connectivity index (χ0n) is 7.23. The number of hydrogen-bond donors (Lipinski definition) is 3. The third-order valence-electron chi connectivity index (χ3n) is 1.40. The van der Waals surface area contributed by atoms with Crippen LogP contribution in [0.15, 0.2) is 10.4 Å². The van der Waals surface area contributed by atoms with Gasteiger partial charge in [-0.05, 0) is 19.4 Å².